The summed E-state index contributed by atoms with van der Waals surface area (Å²) in [7, 11) is 0. The fraction of sp³-hybridized carbons (Fsp3) is 0.0769. The average Bonchev–Trinajstić information content (AvgIpc) is 2.25. The molecule has 75 valence electrons. The molecule has 0 saturated carbocycles. The van der Waals surface area contributed by atoms with Crippen molar-refractivity contribution >= 4 is 22.6 Å². The summed E-state index contributed by atoms with van der Waals surface area (Å²) >= 11 is 2.12. The van der Waals surface area contributed by atoms with Crippen molar-refractivity contribution in [1.82, 2.24) is 0 Å². The van der Waals surface area contributed by atoms with Gasteiger partial charge in [-0.1, -0.05) is 36.4 Å². The summed E-state index contributed by atoms with van der Waals surface area (Å²) in [5.74, 6) is -0.151. The Hall–Kier alpha value is -0.900. The molecular weight excluding hydrogens is 302 g/mol. The van der Waals surface area contributed by atoms with Crippen molar-refractivity contribution in [1.29, 1.82) is 0 Å². The zero-order chi connectivity index (χ0) is 10.7. The van der Waals surface area contributed by atoms with Gasteiger partial charge in [0.05, 0.1) is 0 Å². The van der Waals surface area contributed by atoms with Crippen molar-refractivity contribution in [2.24, 2.45) is 0 Å². The second kappa shape index (κ2) is 4.75. The van der Waals surface area contributed by atoms with Crippen LogP contribution in [0.25, 0.3) is 0 Å². The summed E-state index contributed by atoms with van der Waals surface area (Å²) in [5, 5.41) is 0. The third kappa shape index (κ3) is 2.56. The Morgan fingerprint density at radius 1 is 1.13 bits per heavy atom. The van der Waals surface area contributed by atoms with Gasteiger partial charge in [-0.15, -0.1) is 0 Å². The molecule has 0 aromatic heterocycles. The van der Waals surface area contributed by atoms with E-state index in [4.69, 9.17) is 0 Å². The molecule has 0 spiro atoms. The maximum atomic E-state index is 13.5. The highest BCUT2D eigenvalue weighted by Gasteiger charge is 2.06. The molecule has 2 aromatic carbocycles. The maximum absolute atomic E-state index is 13.5. The predicted molar refractivity (Wildman–Crippen MR) is 67.2 cm³/mol. The van der Waals surface area contributed by atoms with E-state index in [0.717, 1.165) is 14.7 Å². The molecule has 15 heavy (non-hydrogen) atoms. The van der Waals surface area contributed by atoms with Crippen molar-refractivity contribution in [3.05, 3.63) is 69.0 Å². The van der Waals surface area contributed by atoms with Gasteiger partial charge in [0.25, 0.3) is 0 Å². The fourth-order valence-electron chi connectivity index (χ4n) is 1.44. The molecule has 2 aromatic rings. The Balaban J connectivity index is 2.32. The predicted octanol–water partition coefficient (Wildman–Crippen LogP) is 3.82. The third-order valence-corrected chi connectivity index (χ3v) is 3.18. The van der Waals surface area contributed by atoms with Crippen LogP contribution in [0.3, 0.4) is 0 Å². The standard InChI is InChI=1S/C13H9FI/c14-12-7-4-8-13(15)11(12)9-10-5-2-1-3-6-10/h1-7H,9H2. The maximum Gasteiger partial charge on any atom is 0.127 e. The first kappa shape index (κ1) is 10.6. The van der Waals surface area contributed by atoms with Crippen LogP contribution in [-0.4, -0.2) is 0 Å². The van der Waals surface area contributed by atoms with Crippen LogP contribution in [0.4, 0.5) is 4.39 Å². The van der Waals surface area contributed by atoms with Crippen molar-refractivity contribution in [2.75, 3.05) is 0 Å². The molecule has 2 heteroatoms. The van der Waals surface area contributed by atoms with E-state index in [1.165, 1.54) is 6.07 Å². The number of rotatable bonds is 2. The Labute approximate surface area is 102 Å². The SMILES string of the molecule is Fc1cc[c]c(I)c1Cc1ccccc1. The van der Waals surface area contributed by atoms with Gasteiger partial charge in [-0.25, -0.2) is 4.39 Å². The summed E-state index contributed by atoms with van der Waals surface area (Å²) in [6.45, 7) is 0. The minimum absolute atomic E-state index is 0.151. The molecule has 0 atom stereocenters. The molecule has 0 aliphatic rings. The largest absolute Gasteiger partial charge is 0.207 e. The minimum Gasteiger partial charge on any atom is -0.207 e. The molecule has 2 rings (SSSR count). The lowest BCUT2D eigenvalue weighted by molar-refractivity contribution is 0.612. The van der Waals surface area contributed by atoms with E-state index in [2.05, 4.69) is 28.7 Å². The monoisotopic (exact) mass is 311 g/mol. The van der Waals surface area contributed by atoms with Crippen molar-refractivity contribution in [3.8, 4) is 0 Å². The minimum atomic E-state index is -0.151. The number of halogens is 2. The third-order valence-electron chi connectivity index (χ3n) is 2.22. The molecule has 0 fully saturated rings. The van der Waals surface area contributed by atoms with Gasteiger partial charge in [0.15, 0.2) is 0 Å². The van der Waals surface area contributed by atoms with E-state index in [-0.39, 0.29) is 5.82 Å². The van der Waals surface area contributed by atoms with Gasteiger partial charge < -0.3 is 0 Å². The van der Waals surface area contributed by atoms with Crippen molar-refractivity contribution < 1.29 is 4.39 Å². The molecule has 0 unspecified atom stereocenters. The summed E-state index contributed by atoms with van der Waals surface area (Å²) in [5.41, 5.74) is 1.85. The van der Waals surface area contributed by atoms with Gasteiger partial charge in [0.1, 0.15) is 5.82 Å². The molecule has 0 nitrogen and oxygen atoms in total. The first-order chi connectivity index (χ1) is 7.27. The van der Waals surface area contributed by atoms with Crippen molar-refractivity contribution in [2.45, 2.75) is 6.42 Å². The Kier molecular flexibility index (Phi) is 3.36. The highest BCUT2D eigenvalue weighted by atomic mass is 127. The van der Waals surface area contributed by atoms with Crippen LogP contribution in [0.1, 0.15) is 11.1 Å². The van der Waals surface area contributed by atoms with E-state index in [1.807, 2.05) is 30.3 Å². The fourth-order valence-corrected chi connectivity index (χ4v) is 2.07. The topological polar surface area (TPSA) is 0 Å². The molecule has 0 N–H and O–H groups in total. The molecule has 0 aliphatic heterocycles. The van der Waals surface area contributed by atoms with Crippen LogP contribution < -0.4 is 0 Å². The summed E-state index contributed by atoms with van der Waals surface area (Å²) < 4.78 is 14.4. The van der Waals surface area contributed by atoms with Crippen LogP contribution in [0.15, 0.2) is 42.5 Å². The average molecular weight is 311 g/mol. The van der Waals surface area contributed by atoms with Crippen molar-refractivity contribution in [3.63, 3.8) is 0 Å². The normalized spacial score (nSPS) is 10.3. The van der Waals surface area contributed by atoms with E-state index in [9.17, 15) is 4.39 Å². The van der Waals surface area contributed by atoms with Gasteiger partial charge in [-0.3, -0.25) is 0 Å². The Bertz CT molecular complexity index is 431. The highest BCUT2D eigenvalue weighted by Crippen LogP contribution is 2.18. The van der Waals surface area contributed by atoms with Gasteiger partial charge in [-0.05, 0) is 40.3 Å². The van der Waals surface area contributed by atoms with Crippen LogP contribution >= 0.6 is 22.6 Å². The van der Waals surface area contributed by atoms with Gasteiger partial charge in [-0.2, -0.15) is 0 Å². The number of benzene rings is 2. The van der Waals surface area contributed by atoms with Gasteiger partial charge in [0.2, 0.25) is 0 Å². The second-order valence-electron chi connectivity index (χ2n) is 3.28. The van der Waals surface area contributed by atoms with Crippen LogP contribution in [0, 0.1) is 15.5 Å². The first-order valence-electron chi connectivity index (χ1n) is 4.66. The molecule has 1 radical (unpaired) electrons. The zero-order valence-corrected chi connectivity index (χ0v) is 10.2. The second-order valence-corrected chi connectivity index (χ2v) is 4.36. The van der Waals surface area contributed by atoms with Crippen LogP contribution in [0.5, 0.6) is 0 Å². The van der Waals surface area contributed by atoms with E-state index in [1.54, 1.807) is 6.07 Å². The smallest absolute Gasteiger partial charge is 0.127 e. The Morgan fingerprint density at radius 2 is 1.87 bits per heavy atom. The highest BCUT2D eigenvalue weighted by molar-refractivity contribution is 14.1. The summed E-state index contributed by atoms with van der Waals surface area (Å²) in [4.78, 5) is 0. The first-order valence-corrected chi connectivity index (χ1v) is 5.74. The van der Waals surface area contributed by atoms with E-state index >= 15 is 0 Å². The molecule has 0 saturated heterocycles. The number of hydrogen-bond donors (Lipinski definition) is 0. The van der Waals surface area contributed by atoms with Crippen LogP contribution in [-0.2, 0) is 6.42 Å². The van der Waals surface area contributed by atoms with Gasteiger partial charge >= 0.3 is 0 Å². The quantitative estimate of drug-likeness (QED) is 0.740. The lowest BCUT2D eigenvalue weighted by Crippen LogP contribution is -1.95. The molecule has 0 bridgehead atoms. The summed E-state index contributed by atoms with van der Waals surface area (Å²) in [6, 6.07) is 16.0. The molecule has 0 amide bonds. The van der Waals surface area contributed by atoms with E-state index < -0.39 is 0 Å². The Morgan fingerprint density at radius 3 is 2.53 bits per heavy atom. The summed E-state index contributed by atoms with van der Waals surface area (Å²) in [6.07, 6.45) is 0.627. The molecular formula is C13H9FI. The molecule has 0 heterocycles. The van der Waals surface area contributed by atoms with Crippen LogP contribution in [0.2, 0.25) is 0 Å². The lowest BCUT2D eigenvalue weighted by Gasteiger charge is -2.05. The number of hydrogen-bond acceptors (Lipinski definition) is 0. The lowest BCUT2D eigenvalue weighted by atomic mass is 10.0. The zero-order valence-electron chi connectivity index (χ0n) is 8.00. The van der Waals surface area contributed by atoms with Gasteiger partial charge in [0, 0.05) is 15.6 Å². The van der Waals surface area contributed by atoms with E-state index in [0.29, 0.717) is 6.42 Å². The molecule has 0 aliphatic carbocycles.